The molecule has 1 heterocycles. The number of nitro benzene ring substituents is 1. The van der Waals surface area contributed by atoms with Gasteiger partial charge in [-0.2, -0.15) is 5.10 Å². The lowest BCUT2D eigenvalue weighted by Gasteiger charge is -2.12. The number of ether oxygens (including phenoxy) is 2. The monoisotopic (exact) mass is 488 g/mol. The van der Waals surface area contributed by atoms with Crippen molar-refractivity contribution in [2.45, 2.75) is 0 Å². The van der Waals surface area contributed by atoms with E-state index in [-0.39, 0.29) is 34.0 Å². The van der Waals surface area contributed by atoms with E-state index >= 15 is 0 Å². The fraction of sp³-hybridized carbons (Fsp3) is 0.0800. The van der Waals surface area contributed by atoms with Crippen LogP contribution in [0.25, 0.3) is 22.0 Å². The third-order valence-corrected chi connectivity index (χ3v) is 5.44. The molecule has 0 spiro atoms. The van der Waals surface area contributed by atoms with Gasteiger partial charge in [0.1, 0.15) is 11.3 Å². The number of methoxy groups -OCH3 is 2. The van der Waals surface area contributed by atoms with Crippen LogP contribution in [-0.2, 0) is 0 Å². The molecule has 3 aromatic carbocycles. The number of aromatic carboxylic acids is 1. The van der Waals surface area contributed by atoms with Crippen LogP contribution in [0.15, 0.2) is 65.8 Å². The molecular formula is C25H20N4O7. The second kappa shape index (κ2) is 9.97. The SMILES string of the molecule is COc1ccc(/C=N/NC(=O)c2[nH]c3ccc([N+](=O)[O-])cc3c2-c2ccccc2)c(C(=O)O)c1OC. The number of carbonyl (C=O) groups is 2. The van der Waals surface area contributed by atoms with Crippen molar-refractivity contribution in [3.05, 3.63) is 87.6 Å². The van der Waals surface area contributed by atoms with E-state index < -0.39 is 16.8 Å². The van der Waals surface area contributed by atoms with Crippen molar-refractivity contribution in [2.24, 2.45) is 5.10 Å². The number of hydrogen-bond donors (Lipinski definition) is 3. The van der Waals surface area contributed by atoms with Gasteiger partial charge in [0.2, 0.25) is 0 Å². The summed E-state index contributed by atoms with van der Waals surface area (Å²) in [5.41, 5.74) is 4.08. The Morgan fingerprint density at radius 2 is 1.83 bits per heavy atom. The molecule has 0 aliphatic rings. The van der Waals surface area contributed by atoms with E-state index in [0.29, 0.717) is 22.0 Å². The highest BCUT2D eigenvalue weighted by atomic mass is 16.6. The van der Waals surface area contributed by atoms with Crippen LogP contribution in [0.2, 0.25) is 0 Å². The summed E-state index contributed by atoms with van der Waals surface area (Å²) in [6, 6.07) is 16.2. The maximum Gasteiger partial charge on any atom is 0.340 e. The van der Waals surface area contributed by atoms with Gasteiger partial charge in [-0.15, -0.1) is 0 Å². The molecule has 11 nitrogen and oxygen atoms in total. The van der Waals surface area contributed by atoms with E-state index in [0.717, 1.165) is 0 Å². The number of carboxylic acid groups (broad SMARTS) is 1. The molecule has 0 radical (unpaired) electrons. The molecule has 1 amide bonds. The molecule has 0 atom stereocenters. The van der Waals surface area contributed by atoms with Gasteiger partial charge in [0.25, 0.3) is 11.6 Å². The number of aromatic amines is 1. The lowest BCUT2D eigenvalue weighted by molar-refractivity contribution is -0.384. The first kappa shape index (κ1) is 24.0. The highest BCUT2D eigenvalue weighted by Crippen LogP contribution is 2.35. The number of carboxylic acids is 1. The smallest absolute Gasteiger partial charge is 0.340 e. The normalized spacial score (nSPS) is 10.9. The first-order chi connectivity index (χ1) is 17.3. The van der Waals surface area contributed by atoms with Crippen molar-refractivity contribution in [3.63, 3.8) is 0 Å². The number of nitrogens with one attached hydrogen (secondary N) is 2. The van der Waals surface area contributed by atoms with Crippen LogP contribution in [0.4, 0.5) is 5.69 Å². The standard InChI is InChI=1S/C25H20N4O7/c1-35-19-11-8-15(21(25(31)32)23(19)36-2)13-26-28-24(30)22-20(14-6-4-3-5-7-14)17-12-16(29(33)34)9-10-18(17)27-22/h3-13,27H,1-2H3,(H,28,30)(H,31,32)/b26-13+. The number of amides is 1. The number of benzene rings is 3. The van der Waals surface area contributed by atoms with Crippen LogP contribution in [0, 0.1) is 10.1 Å². The minimum absolute atomic E-state index is 0.0175. The molecule has 0 aliphatic heterocycles. The molecule has 4 aromatic rings. The quantitative estimate of drug-likeness (QED) is 0.190. The Morgan fingerprint density at radius 1 is 1.08 bits per heavy atom. The largest absolute Gasteiger partial charge is 0.493 e. The third-order valence-electron chi connectivity index (χ3n) is 5.44. The molecule has 0 saturated carbocycles. The molecule has 3 N–H and O–H groups in total. The lowest BCUT2D eigenvalue weighted by atomic mass is 10.0. The summed E-state index contributed by atoms with van der Waals surface area (Å²) in [4.78, 5) is 38.7. The average molecular weight is 488 g/mol. The number of rotatable bonds is 8. The Morgan fingerprint density at radius 3 is 2.47 bits per heavy atom. The Kier molecular flexibility index (Phi) is 6.63. The van der Waals surface area contributed by atoms with Crippen molar-refractivity contribution in [1.82, 2.24) is 10.4 Å². The Bertz CT molecular complexity index is 1510. The van der Waals surface area contributed by atoms with Gasteiger partial charge in [0.05, 0.1) is 25.4 Å². The van der Waals surface area contributed by atoms with Gasteiger partial charge in [-0.3, -0.25) is 14.9 Å². The van der Waals surface area contributed by atoms with Crippen LogP contribution in [0.5, 0.6) is 11.5 Å². The van der Waals surface area contributed by atoms with Crippen molar-refractivity contribution in [3.8, 4) is 22.6 Å². The number of aromatic nitrogens is 1. The lowest BCUT2D eigenvalue weighted by Crippen LogP contribution is -2.19. The molecule has 182 valence electrons. The molecule has 4 rings (SSSR count). The van der Waals surface area contributed by atoms with Gasteiger partial charge < -0.3 is 19.6 Å². The highest BCUT2D eigenvalue weighted by molar-refractivity contribution is 6.10. The Labute approximate surface area is 204 Å². The molecule has 0 unspecified atom stereocenters. The fourth-order valence-electron chi connectivity index (χ4n) is 3.86. The van der Waals surface area contributed by atoms with Crippen LogP contribution in [0.3, 0.4) is 0 Å². The summed E-state index contributed by atoms with van der Waals surface area (Å²) in [6.45, 7) is 0. The minimum Gasteiger partial charge on any atom is -0.493 e. The molecule has 0 saturated heterocycles. The van der Waals surface area contributed by atoms with Crippen LogP contribution >= 0.6 is 0 Å². The zero-order chi connectivity index (χ0) is 25.8. The van der Waals surface area contributed by atoms with Crippen molar-refractivity contribution in [1.29, 1.82) is 0 Å². The zero-order valence-corrected chi connectivity index (χ0v) is 19.1. The van der Waals surface area contributed by atoms with E-state index in [4.69, 9.17) is 9.47 Å². The number of non-ortho nitro benzene ring substituents is 1. The van der Waals surface area contributed by atoms with E-state index in [1.165, 1.54) is 50.8 Å². The Balaban J connectivity index is 1.73. The number of hydrazone groups is 1. The maximum absolute atomic E-state index is 13.1. The van der Waals surface area contributed by atoms with Gasteiger partial charge in [0.15, 0.2) is 11.5 Å². The predicted octanol–water partition coefficient (Wildman–Crippen LogP) is 4.22. The fourth-order valence-corrected chi connectivity index (χ4v) is 3.86. The zero-order valence-electron chi connectivity index (χ0n) is 19.1. The summed E-state index contributed by atoms with van der Waals surface area (Å²) < 4.78 is 10.3. The van der Waals surface area contributed by atoms with Gasteiger partial charge in [-0.25, -0.2) is 10.2 Å². The number of nitro groups is 1. The maximum atomic E-state index is 13.1. The summed E-state index contributed by atoms with van der Waals surface area (Å²) in [6.07, 6.45) is 1.18. The molecule has 1 aromatic heterocycles. The molecular weight excluding hydrogens is 468 g/mol. The van der Waals surface area contributed by atoms with E-state index in [1.54, 1.807) is 24.3 Å². The van der Waals surface area contributed by atoms with E-state index in [2.05, 4.69) is 15.5 Å². The average Bonchev–Trinajstić information content (AvgIpc) is 3.27. The summed E-state index contributed by atoms with van der Waals surface area (Å²) in [7, 11) is 2.70. The van der Waals surface area contributed by atoms with Gasteiger partial charge in [-0.1, -0.05) is 30.3 Å². The topological polar surface area (TPSA) is 156 Å². The second-order valence-corrected chi connectivity index (χ2v) is 7.50. The third kappa shape index (κ3) is 4.44. The molecule has 0 bridgehead atoms. The van der Waals surface area contributed by atoms with Gasteiger partial charge in [0, 0.05) is 34.2 Å². The van der Waals surface area contributed by atoms with Crippen molar-refractivity contribution >= 4 is 34.7 Å². The second-order valence-electron chi connectivity index (χ2n) is 7.50. The number of H-pyrrole nitrogens is 1. The van der Waals surface area contributed by atoms with Crippen molar-refractivity contribution < 1.29 is 29.1 Å². The number of carbonyl (C=O) groups excluding carboxylic acids is 1. The highest BCUT2D eigenvalue weighted by Gasteiger charge is 2.22. The molecule has 0 aliphatic carbocycles. The molecule has 11 heteroatoms. The van der Waals surface area contributed by atoms with Crippen LogP contribution in [-0.4, -0.2) is 47.3 Å². The van der Waals surface area contributed by atoms with E-state index in [9.17, 15) is 24.8 Å². The van der Waals surface area contributed by atoms with Crippen LogP contribution in [0.1, 0.15) is 26.4 Å². The molecule has 0 fully saturated rings. The first-order valence-electron chi connectivity index (χ1n) is 10.5. The van der Waals surface area contributed by atoms with Gasteiger partial charge >= 0.3 is 5.97 Å². The number of hydrogen-bond acceptors (Lipinski definition) is 7. The summed E-state index contributed by atoms with van der Waals surface area (Å²) >= 11 is 0. The number of fused-ring (bicyclic) bond motifs is 1. The van der Waals surface area contributed by atoms with E-state index in [1.807, 2.05) is 6.07 Å². The van der Waals surface area contributed by atoms with Crippen molar-refractivity contribution in [2.75, 3.05) is 14.2 Å². The number of nitrogens with zero attached hydrogens (tertiary/aromatic N) is 2. The summed E-state index contributed by atoms with van der Waals surface area (Å²) in [5, 5.41) is 25.4. The summed E-state index contributed by atoms with van der Waals surface area (Å²) in [5.74, 6) is -1.64. The predicted molar refractivity (Wildman–Crippen MR) is 132 cm³/mol. The van der Waals surface area contributed by atoms with Gasteiger partial charge in [-0.05, 0) is 23.8 Å². The minimum atomic E-state index is -1.26. The van der Waals surface area contributed by atoms with Crippen LogP contribution < -0.4 is 14.9 Å². The first-order valence-corrected chi connectivity index (χ1v) is 10.5. The molecule has 36 heavy (non-hydrogen) atoms. The Hall–Kier alpha value is -5.19.